The minimum atomic E-state index is 0.437. The first-order valence-corrected chi connectivity index (χ1v) is 9.18. The molecular weight excluding hydrogens is 353 g/mol. The number of hydrogen-bond donors (Lipinski definition) is 1. The second-order valence-electron chi connectivity index (χ2n) is 6.33. The van der Waals surface area contributed by atoms with Gasteiger partial charge in [0.15, 0.2) is 0 Å². The van der Waals surface area contributed by atoms with Gasteiger partial charge >= 0.3 is 0 Å². The summed E-state index contributed by atoms with van der Waals surface area (Å²) in [5, 5.41) is 5.86. The summed E-state index contributed by atoms with van der Waals surface area (Å²) in [5.41, 5.74) is 3.17. The molecule has 1 N–H and O–H groups in total. The number of halogens is 2. The number of anilines is 2. The van der Waals surface area contributed by atoms with Crippen molar-refractivity contribution < 1.29 is 0 Å². The lowest BCUT2D eigenvalue weighted by Crippen LogP contribution is -2.39. The molecule has 0 bridgehead atoms. The van der Waals surface area contributed by atoms with Crippen LogP contribution in [0.25, 0.3) is 10.9 Å². The van der Waals surface area contributed by atoms with Crippen molar-refractivity contribution in [3.63, 3.8) is 0 Å². The number of pyridine rings is 1. The Balaban J connectivity index is 1.41. The van der Waals surface area contributed by atoms with Crippen LogP contribution in [0, 0.1) is 6.07 Å². The number of aromatic nitrogens is 1. The first kappa shape index (κ1) is 16.5. The summed E-state index contributed by atoms with van der Waals surface area (Å²) in [6, 6.07) is 17.7. The van der Waals surface area contributed by atoms with Crippen LogP contribution in [0.3, 0.4) is 0 Å². The topological polar surface area (TPSA) is 28.2 Å². The Bertz CT molecular complexity index is 889. The molecule has 0 saturated carbocycles. The lowest BCUT2D eigenvalue weighted by molar-refractivity contribution is 0.527. The standard InChI is InChI=1S/C20H18Cl2N3/c21-18-6-4-16(12-19(18)22)24-15-7-10-25(11-8-15)17-5-3-14-2-1-9-23-20(14)13-17/h1-4,6,9,12-13,15,24H,7-8,10-11H2. The van der Waals surface area contributed by atoms with Crippen LogP contribution in [0.1, 0.15) is 12.8 Å². The number of benzene rings is 2. The molecule has 1 saturated heterocycles. The van der Waals surface area contributed by atoms with Crippen molar-refractivity contribution >= 4 is 45.5 Å². The molecule has 5 heteroatoms. The van der Waals surface area contributed by atoms with Crippen LogP contribution in [0.5, 0.6) is 0 Å². The quantitative estimate of drug-likeness (QED) is 0.666. The molecule has 2 heterocycles. The maximum atomic E-state index is 6.09. The largest absolute Gasteiger partial charge is 0.382 e. The third-order valence-electron chi connectivity index (χ3n) is 4.65. The van der Waals surface area contributed by atoms with Crippen LogP contribution < -0.4 is 10.2 Å². The van der Waals surface area contributed by atoms with Gasteiger partial charge in [0, 0.05) is 48.2 Å². The molecule has 1 fully saturated rings. The average Bonchev–Trinajstić information content (AvgIpc) is 2.65. The third-order valence-corrected chi connectivity index (χ3v) is 5.39. The van der Waals surface area contributed by atoms with E-state index in [1.807, 2.05) is 36.5 Å². The predicted molar refractivity (Wildman–Crippen MR) is 106 cm³/mol. The Morgan fingerprint density at radius 1 is 1.08 bits per heavy atom. The highest BCUT2D eigenvalue weighted by atomic mass is 35.5. The van der Waals surface area contributed by atoms with E-state index in [0.717, 1.165) is 48.2 Å². The lowest BCUT2D eigenvalue weighted by Gasteiger charge is -2.34. The van der Waals surface area contributed by atoms with Gasteiger partial charge in [0.05, 0.1) is 15.6 Å². The Morgan fingerprint density at radius 3 is 2.72 bits per heavy atom. The van der Waals surface area contributed by atoms with Gasteiger partial charge in [-0.15, -0.1) is 0 Å². The Labute approximate surface area is 157 Å². The van der Waals surface area contributed by atoms with E-state index in [4.69, 9.17) is 23.2 Å². The number of rotatable bonds is 3. The first-order chi connectivity index (χ1) is 12.2. The van der Waals surface area contributed by atoms with E-state index in [1.54, 1.807) is 0 Å². The predicted octanol–water partition coefficient (Wildman–Crippen LogP) is 5.42. The fraction of sp³-hybridized carbons (Fsp3) is 0.250. The number of piperidine rings is 1. The maximum Gasteiger partial charge on any atom is 0.0723 e. The number of nitrogens with zero attached hydrogens (tertiary/aromatic N) is 2. The second kappa shape index (κ2) is 7.11. The monoisotopic (exact) mass is 370 g/mol. The van der Waals surface area contributed by atoms with E-state index >= 15 is 0 Å². The van der Waals surface area contributed by atoms with Crippen LogP contribution in [-0.2, 0) is 0 Å². The molecule has 2 aromatic carbocycles. The highest BCUT2D eigenvalue weighted by Gasteiger charge is 2.20. The molecule has 1 aliphatic heterocycles. The van der Waals surface area contributed by atoms with E-state index < -0.39 is 0 Å². The van der Waals surface area contributed by atoms with Crippen LogP contribution >= 0.6 is 23.2 Å². The fourth-order valence-electron chi connectivity index (χ4n) is 3.26. The van der Waals surface area contributed by atoms with Crippen LogP contribution in [0.2, 0.25) is 10.0 Å². The molecule has 0 aliphatic carbocycles. The molecule has 0 amide bonds. The summed E-state index contributed by atoms with van der Waals surface area (Å²) < 4.78 is 0. The van der Waals surface area contributed by atoms with E-state index in [2.05, 4.69) is 33.4 Å². The van der Waals surface area contributed by atoms with Crippen molar-refractivity contribution in [3.8, 4) is 0 Å². The third kappa shape index (κ3) is 3.68. The minimum Gasteiger partial charge on any atom is -0.382 e. The minimum absolute atomic E-state index is 0.437. The fourth-order valence-corrected chi connectivity index (χ4v) is 3.56. The van der Waals surface area contributed by atoms with Crippen molar-refractivity contribution in [1.29, 1.82) is 0 Å². The van der Waals surface area contributed by atoms with Crippen molar-refractivity contribution in [1.82, 2.24) is 4.98 Å². The molecule has 0 atom stereocenters. The molecular formula is C20H18Cl2N3. The van der Waals surface area contributed by atoms with Crippen molar-refractivity contribution in [2.24, 2.45) is 0 Å². The van der Waals surface area contributed by atoms with Gasteiger partial charge in [0.25, 0.3) is 0 Å². The highest BCUT2D eigenvalue weighted by molar-refractivity contribution is 6.42. The van der Waals surface area contributed by atoms with Crippen molar-refractivity contribution in [2.45, 2.75) is 18.9 Å². The van der Waals surface area contributed by atoms with Crippen molar-refractivity contribution in [3.05, 3.63) is 64.8 Å². The molecule has 1 aromatic heterocycles. The number of nitrogens with one attached hydrogen (secondary N) is 1. The zero-order valence-electron chi connectivity index (χ0n) is 13.7. The summed E-state index contributed by atoms with van der Waals surface area (Å²) in [6.45, 7) is 1.99. The average molecular weight is 371 g/mol. The Hall–Kier alpha value is -1.97. The lowest BCUT2D eigenvalue weighted by atomic mass is 10.0. The van der Waals surface area contributed by atoms with E-state index in [0.29, 0.717) is 16.1 Å². The van der Waals surface area contributed by atoms with Gasteiger partial charge in [-0.25, -0.2) is 0 Å². The zero-order valence-corrected chi connectivity index (χ0v) is 15.2. The van der Waals surface area contributed by atoms with Crippen LogP contribution in [-0.4, -0.2) is 24.1 Å². The molecule has 3 nitrogen and oxygen atoms in total. The highest BCUT2D eigenvalue weighted by Crippen LogP contribution is 2.28. The summed E-state index contributed by atoms with van der Waals surface area (Å²) in [5.74, 6) is 0. The molecule has 0 spiro atoms. The van der Waals surface area contributed by atoms with E-state index in [9.17, 15) is 0 Å². The molecule has 1 radical (unpaired) electrons. The SMILES string of the molecule is Clc1ccc(NC2CCN(c3[c]cc4cccnc4c3)CC2)cc1Cl. The van der Waals surface area contributed by atoms with Gasteiger partial charge in [0.2, 0.25) is 0 Å². The number of fused-ring (bicyclic) bond motifs is 1. The molecule has 4 rings (SSSR count). The maximum absolute atomic E-state index is 6.09. The van der Waals surface area contributed by atoms with E-state index in [1.165, 1.54) is 0 Å². The first-order valence-electron chi connectivity index (χ1n) is 8.42. The van der Waals surface area contributed by atoms with E-state index in [-0.39, 0.29) is 0 Å². The van der Waals surface area contributed by atoms with Gasteiger partial charge in [-0.3, -0.25) is 4.98 Å². The van der Waals surface area contributed by atoms with Gasteiger partial charge in [0.1, 0.15) is 0 Å². The molecule has 0 unspecified atom stereocenters. The summed E-state index contributed by atoms with van der Waals surface area (Å²) in [7, 11) is 0. The summed E-state index contributed by atoms with van der Waals surface area (Å²) >= 11 is 12.1. The Kier molecular flexibility index (Phi) is 4.69. The zero-order chi connectivity index (χ0) is 17.2. The second-order valence-corrected chi connectivity index (χ2v) is 7.15. The smallest absolute Gasteiger partial charge is 0.0723 e. The molecule has 25 heavy (non-hydrogen) atoms. The van der Waals surface area contributed by atoms with Crippen LogP contribution in [0.4, 0.5) is 11.4 Å². The summed E-state index contributed by atoms with van der Waals surface area (Å²) in [6.07, 6.45) is 3.96. The Morgan fingerprint density at radius 2 is 1.92 bits per heavy atom. The number of hydrogen-bond acceptors (Lipinski definition) is 3. The molecule has 1 aliphatic rings. The van der Waals surface area contributed by atoms with Crippen molar-refractivity contribution in [2.75, 3.05) is 23.3 Å². The normalized spacial score (nSPS) is 15.5. The van der Waals surface area contributed by atoms with Gasteiger partial charge in [-0.2, -0.15) is 0 Å². The van der Waals surface area contributed by atoms with Gasteiger partial charge in [-0.1, -0.05) is 29.3 Å². The molecule has 127 valence electrons. The summed E-state index contributed by atoms with van der Waals surface area (Å²) in [4.78, 5) is 6.82. The van der Waals surface area contributed by atoms with Crippen LogP contribution in [0.15, 0.2) is 48.7 Å². The molecule has 3 aromatic rings. The van der Waals surface area contributed by atoms with Gasteiger partial charge in [-0.05, 0) is 49.2 Å². The van der Waals surface area contributed by atoms with Gasteiger partial charge < -0.3 is 10.2 Å².